The van der Waals surface area contributed by atoms with E-state index in [9.17, 15) is 4.39 Å². The maximum absolute atomic E-state index is 13.8. The average molecular weight is 267 g/mol. The minimum atomic E-state index is -0.486. The van der Waals surface area contributed by atoms with Gasteiger partial charge < -0.3 is 15.4 Å². The summed E-state index contributed by atoms with van der Waals surface area (Å²) in [4.78, 5) is 4.42. The smallest absolute Gasteiger partial charge is 0.260 e. The van der Waals surface area contributed by atoms with E-state index in [2.05, 4.69) is 10.1 Å². The Balaban J connectivity index is 2.25. The van der Waals surface area contributed by atoms with E-state index in [0.717, 1.165) is 17.5 Å². The topological polar surface area (TPSA) is 84.6 Å². The van der Waals surface area contributed by atoms with Crippen LogP contribution in [0.15, 0.2) is 44.2 Å². The van der Waals surface area contributed by atoms with Crippen LogP contribution >= 0.6 is 11.8 Å². The SMILES string of the molecule is Cc1coc(Sc2ccc(/C(N)=N/O)cc2F)n1. The number of aryl methyl sites for hydroxylation is 1. The number of nitrogens with zero attached hydrogens (tertiary/aromatic N) is 2. The molecule has 5 nitrogen and oxygen atoms in total. The van der Waals surface area contributed by atoms with Gasteiger partial charge in [-0.1, -0.05) is 5.16 Å². The number of benzene rings is 1. The third-order valence-corrected chi connectivity index (χ3v) is 3.04. The molecular formula is C11H10FN3O2S. The highest BCUT2D eigenvalue weighted by atomic mass is 32.2. The van der Waals surface area contributed by atoms with Gasteiger partial charge in [0.05, 0.1) is 10.6 Å². The Kier molecular flexibility index (Phi) is 3.52. The van der Waals surface area contributed by atoms with E-state index in [1.54, 1.807) is 13.0 Å². The van der Waals surface area contributed by atoms with E-state index in [1.165, 1.54) is 18.4 Å². The first-order chi connectivity index (χ1) is 8.60. The molecule has 0 saturated carbocycles. The predicted molar refractivity (Wildman–Crippen MR) is 64.3 cm³/mol. The second-order valence-corrected chi connectivity index (χ2v) is 4.48. The lowest BCUT2D eigenvalue weighted by Gasteiger charge is -2.02. The molecule has 0 fully saturated rings. The van der Waals surface area contributed by atoms with Gasteiger partial charge in [-0.25, -0.2) is 9.37 Å². The molecule has 0 atom stereocenters. The van der Waals surface area contributed by atoms with Crippen LogP contribution in [0.5, 0.6) is 0 Å². The Hall–Kier alpha value is -2.02. The monoisotopic (exact) mass is 267 g/mol. The van der Waals surface area contributed by atoms with Crippen LogP contribution in [0.2, 0.25) is 0 Å². The molecule has 2 aromatic rings. The molecule has 2 rings (SSSR count). The lowest BCUT2D eigenvalue weighted by atomic mass is 10.2. The molecule has 0 aliphatic carbocycles. The number of amidine groups is 1. The van der Waals surface area contributed by atoms with E-state index in [4.69, 9.17) is 15.4 Å². The van der Waals surface area contributed by atoms with E-state index in [0.29, 0.717) is 15.7 Å². The molecule has 1 heterocycles. The Morgan fingerprint density at radius 3 is 2.89 bits per heavy atom. The average Bonchev–Trinajstić information content (AvgIpc) is 2.76. The second kappa shape index (κ2) is 5.09. The highest BCUT2D eigenvalue weighted by Crippen LogP contribution is 2.29. The van der Waals surface area contributed by atoms with Crippen molar-refractivity contribution < 1.29 is 14.0 Å². The van der Waals surface area contributed by atoms with Crippen LogP contribution in [0.3, 0.4) is 0 Å². The Morgan fingerprint density at radius 1 is 1.56 bits per heavy atom. The molecule has 0 unspecified atom stereocenters. The molecule has 0 aliphatic rings. The highest BCUT2D eigenvalue weighted by molar-refractivity contribution is 7.99. The van der Waals surface area contributed by atoms with Crippen molar-refractivity contribution in [2.24, 2.45) is 10.9 Å². The number of hydrogen-bond donors (Lipinski definition) is 2. The molecule has 94 valence electrons. The summed E-state index contributed by atoms with van der Waals surface area (Å²) in [5.41, 5.74) is 6.40. The quantitative estimate of drug-likeness (QED) is 0.386. The van der Waals surface area contributed by atoms with Crippen LogP contribution in [0.25, 0.3) is 0 Å². The first kappa shape index (κ1) is 12.4. The van der Waals surface area contributed by atoms with Crippen molar-refractivity contribution in [2.75, 3.05) is 0 Å². The molecule has 0 radical (unpaired) electrons. The Bertz CT molecular complexity index is 598. The Labute approximate surface area is 107 Å². The van der Waals surface area contributed by atoms with Crippen molar-refractivity contribution in [2.45, 2.75) is 17.0 Å². The minimum Gasteiger partial charge on any atom is -0.439 e. The van der Waals surface area contributed by atoms with Gasteiger partial charge in [-0.15, -0.1) is 0 Å². The zero-order valence-corrected chi connectivity index (χ0v) is 10.2. The van der Waals surface area contributed by atoms with Gasteiger partial charge >= 0.3 is 0 Å². The first-order valence-electron chi connectivity index (χ1n) is 4.97. The van der Waals surface area contributed by atoms with Crippen LogP contribution in [0.4, 0.5) is 4.39 Å². The van der Waals surface area contributed by atoms with Gasteiger partial charge in [-0.3, -0.25) is 0 Å². The van der Waals surface area contributed by atoms with Crippen molar-refractivity contribution in [1.29, 1.82) is 0 Å². The highest BCUT2D eigenvalue weighted by Gasteiger charge is 2.10. The summed E-state index contributed by atoms with van der Waals surface area (Å²) in [6, 6.07) is 4.26. The lowest BCUT2D eigenvalue weighted by Crippen LogP contribution is -2.13. The normalized spacial score (nSPS) is 11.8. The molecule has 1 aromatic heterocycles. The van der Waals surface area contributed by atoms with Gasteiger partial charge in [-0.2, -0.15) is 0 Å². The van der Waals surface area contributed by atoms with E-state index in [1.807, 2.05) is 0 Å². The van der Waals surface area contributed by atoms with Crippen LogP contribution in [0, 0.1) is 12.7 Å². The largest absolute Gasteiger partial charge is 0.439 e. The van der Waals surface area contributed by atoms with E-state index >= 15 is 0 Å². The summed E-state index contributed by atoms with van der Waals surface area (Å²) in [6.45, 7) is 1.78. The maximum Gasteiger partial charge on any atom is 0.260 e. The van der Waals surface area contributed by atoms with E-state index in [-0.39, 0.29) is 5.84 Å². The van der Waals surface area contributed by atoms with Gasteiger partial charge in [0.15, 0.2) is 5.84 Å². The molecule has 7 heteroatoms. The predicted octanol–water partition coefficient (Wildman–Crippen LogP) is 2.37. The fourth-order valence-electron chi connectivity index (χ4n) is 1.27. The standard InChI is InChI=1S/C11H10FN3O2S/c1-6-5-17-11(14-6)18-9-3-2-7(4-8(9)12)10(13)15-16/h2-5,16H,1H3,(H2,13,15). The number of aromatic nitrogens is 1. The molecule has 3 N–H and O–H groups in total. The van der Waals surface area contributed by atoms with Gasteiger partial charge in [-0.05, 0) is 36.9 Å². The zero-order chi connectivity index (χ0) is 13.1. The lowest BCUT2D eigenvalue weighted by molar-refractivity contribution is 0.318. The van der Waals surface area contributed by atoms with Gasteiger partial charge in [0.1, 0.15) is 12.1 Å². The number of rotatable bonds is 3. The number of halogens is 1. The van der Waals surface area contributed by atoms with Crippen LogP contribution in [0.1, 0.15) is 11.3 Å². The molecule has 18 heavy (non-hydrogen) atoms. The van der Waals surface area contributed by atoms with Gasteiger partial charge in [0.25, 0.3) is 5.22 Å². The molecular weight excluding hydrogens is 257 g/mol. The molecule has 0 bridgehead atoms. The maximum atomic E-state index is 13.8. The van der Waals surface area contributed by atoms with E-state index < -0.39 is 5.82 Å². The fourth-order valence-corrected chi connectivity index (χ4v) is 2.04. The number of oxime groups is 1. The number of hydrogen-bond acceptors (Lipinski definition) is 5. The summed E-state index contributed by atoms with van der Waals surface area (Å²) in [5, 5.41) is 11.7. The summed E-state index contributed by atoms with van der Waals surface area (Å²) in [7, 11) is 0. The van der Waals surface area contributed by atoms with Crippen molar-refractivity contribution in [1.82, 2.24) is 4.98 Å². The van der Waals surface area contributed by atoms with Crippen molar-refractivity contribution >= 4 is 17.6 Å². The summed E-state index contributed by atoms with van der Waals surface area (Å²) < 4.78 is 18.9. The first-order valence-corrected chi connectivity index (χ1v) is 5.79. The minimum absolute atomic E-state index is 0.141. The second-order valence-electron chi connectivity index (χ2n) is 3.49. The molecule has 1 aromatic carbocycles. The fraction of sp³-hybridized carbons (Fsp3) is 0.0909. The van der Waals surface area contributed by atoms with Crippen LogP contribution in [-0.4, -0.2) is 16.0 Å². The zero-order valence-electron chi connectivity index (χ0n) is 9.42. The summed E-state index contributed by atoms with van der Waals surface area (Å²) >= 11 is 1.07. The molecule has 0 spiro atoms. The summed E-state index contributed by atoms with van der Waals surface area (Å²) in [5.74, 6) is -0.627. The van der Waals surface area contributed by atoms with Crippen LogP contribution in [-0.2, 0) is 0 Å². The molecule has 0 amide bonds. The number of nitrogens with two attached hydrogens (primary N) is 1. The van der Waals surface area contributed by atoms with Gasteiger partial charge in [0, 0.05) is 5.56 Å². The van der Waals surface area contributed by atoms with Gasteiger partial charge in [0.2, 0.25) is 0 Å². The molecule has 0 saturated heterocycles. The number of oxazole rings is 1. The van der Waals surface area contributed by atoms with Crippen molar-refractivity contribution in [3.05, 3.63) is 41.5 Å². The third kappa shape index (κ3) is 2.62. The molecule has 0 aliphatic heterocycles. The Morgan fingerprint density at radius 2 is 2.33 bits per heavy atom. The van der Waals surface area contributed by atoms with Crippen LogP contribution < -0.4 is 5.73 Å². The van der Waals surface area contributed by atoms with Crippen molar-refractivity contribution in [3.63, 3.8) is 0 Å². The van der Waals surface area contributed by atoms with Crippen molar-refractivity contribution in [3.8, 4) is 0 Å². The summed E-state index contributed by atoms with van der Waals surface area (Å²) in [6.07, 6.45) is 1.49. The third-order valence-electron chi connectivity index (χ3n) is 2.13.